The molecule has 0 bridgehead atoms. The summed E-state index contributed by atoms with van der Waals surface area (Å²) in [6, 6.07) is 11.2. The van der Waals surface area contributed by atoms with Crippen molar-refractivity contribution in [1.82, 2.24) is 4.90 Å². The molecule has 3 N–H and O–H groups in total. The molecular formula is C19H18F2N2O3. The first-order chi connectivity index (χ1) is 12.4. The van der Waals surface area contributed by atoms with Gasteiger partial charge in [0.25, 0.3) is 0 Å². The molecule has 0 radical (unpaired) electrons. The second-order valence-corrected chi connectivity index (χ2v) is 6.31. The van der Waals surface area contributed by atoms with Crippen molar-refractivity contribution >= 4 is 11.9 Å². The molecule has 0 spiro atoms. The predicted molar refractivity (Wildman–Crippen MR) is 91.7 cm³/mol. The van der Waals surface area contributed by atoms with Crippen molar-refractivity contribution in [2.45, 2.75) is 18.1 Å². The molecule has 2 atom stereocenters. The van der Waals surface area contributed by atoms with Crippen LogP contribution in [0.25, 0.3) is 11.1 Å². The third-order valence-corrected chi connectivity index (χ3v) is 4.51. The monoisotopic (exact) mass is 360 g/mol. The molecule has 0 aromatic heterocycles. The fourth-order valence-corrected chi connectivity index (χ4v) is 2.99. The minimum atomic E-state index is -1.29. The van der Waals surface area contributed by atoms with Crippen LogP contribution in [0.2, 0.25) is 0 Å². The summed E-state index contributed by atoms with van der Waals surface area (Å²) in [6.45, 7) is -0.106. The number of nitrogens with two attached hydrogens (primary N) is 1. The Morgan fingerprint density at radius 3 is 2.00 bits per heavy atom. The summed E-state index contributed by atoms with van der Waals surface area (Å²) < 4.78 is 25.9. The number of amides is 1. The highest BCUT2D eigenvalue weighted by atomic mass is 19.1. The van der Waals surface area contributed by atoms with Crippen LogP contribution in [0.15, 0.2) is 48.5 Å². The summed E-state index contributed by atoms with van der Waals surface area (Å²) in [5.41, 5.74) is 7.81. The normalized spacial score (nSPS) is 16.7. The van der Waals surface area contributed by atoms with Crippen LogP contribution in [0.5, 0.6) is 0 Å². The molecule has 26 heavy (non-hydrogen) atoms. The van der Waals surface area contributed by atoms with E-state index in [0.29, 0.717) is 5.56 Å². The molecule has 2 aromatic rings. The summed E-state index contributed by atoms with van der Waals surface area (Å²) in [4.78, 5) is 25.1. The number of carboxylic acids is 1. The molecule has 1 heterocycles. The number of carbonyl (C=O) groups excluding carboxylic acids is 1. The highest BCUT2D eigenvalue weighted by molar-refractivity contribution is 5.91. The van der Waals surface area contributed by atoms with Crippen LogP contribution in [0.3, 0.4) is 0 Å². The summed E-state index contributed by atoms with van der Waals surface area (Å²) >= 11 is 0. The van der Waals surface area contributed by atoms with E-state index in [0.717, 1.165) is 11.1 Å². The maximum atomic E-state index is 13.0. The Morgan fingerprint density at radius 1 is 1.04 bits per heavy atom. The number of rotatable bonds is 5. The van der Waals surface area contributed by atoms with Crippen molar-refractivity contribution in [3.63, 3.8) is 0 Å². The van der Waals surface area contributed by atoms with Gasteiger partial charge in [0.2, 0.25) is 5.91 Å². The lowest BCUT2D eigenvalue weighted by Crippen LogP contribution is -2.58. The number of hydrogen-bond acceptors (Lipinski definition) is 3. The molecule has 136 valence electrons. The van der Waals surface area contributed by atoms with Gasteiger partial charge in [-0.25, -0.2) is 8.78 Å². The van der Waals surface area contributed by atoms with E-state index >= 15 is 0 Å². The molecular weight excluding hydrogens is 342 g/mol. The van der Waals surface area contributed by atoms with Gasteiger partial charge in [0, 0.05) is 0 Å². The van der Waals surface area contributed by atoms with Crippen LogP contribution in [0.1, 0.15) is 11.5 Å². The third-order valence-electron chi connectivity index (χ3n) is 4.51. The van der Waals surface area contributed by atoms with E-state index in [1.807, 2.05) is 0 Å². The van der Waals surface area contributed by atoms with Crippen molar-refractivity contribution in [1.29, 1.82) is 0 Å². The highest BCUT2D eigenvalue weighted by Crippen LogP contribution is 2.26. The quantitative estimate of drug-likeness (QED) is 0.856. The Hall–Kier alpha value is -2.80. The van der Waals surface area contributed by atoms with E-state index in [4.69, 9.17) is 5.73 Å². The lowest BCUT2D eigenvalue weighted by atomic mass is 9.89. The van der Waals surface area contributed by atoms with Crippen molar-refractivity contribution in [2.75, 3.05) is 13.1 Å². The Labute approximate surface area is 149 Å². The van der Waals surface area contributed by atoms with Crippen LogP contribution >= 0.6 is 0 Å². The number of carbonyl (C=O) groups is 2. The second kappa shape index (κ2) is 7.21. The van der Waals surface area contributed by atoms with Crippen LogP contribution in [0, 0.1) is 5.82 Å². The molecule has 5 nitrogen and oxygen atoms in total. The molecule has 7 heteroatoms. The number of halogens is 2. The first kappa shape index (κ1) is 18.0. The number of carboxylic acid groups (broad SMARTS) is 1. The van der Waals surface area contributed by atoms with Gasteiger partial charge in [0.1, 0.15) is 23.9 Å². The second-order valence-electron chi connectivity index (χ2n) is 6.31. The van der Waals surface area contributed by atoms with Gasteiger partial charge in [-0.05, 0) is 28.8 Å². The Bertz CT molecular complexity index is 803. The summed E-state index contributed by atoms with van der Waals surface area (Å²) in [5, 5.41) is 9.52. The van der Waals surface area contributed by atoms with E-state index in [2.05, 4.69) is 0 Å². The van der Waals surface area contributed by atoms with Crippen molar-refractivity contribution in [3.05, 3.63) is 59.9 Å². The predicted octanol–water partition coefficient (Wildman–Crippen LogP) is 2.17. The highest BCUT2D eigenvalue weighted by Gasteiger charge is 2.39. The Morgan fingerprint density at radius 2 is 1.54 bits per heavy atom. The first-order valence-corrected chi connectivity index (χ1v) is 8.14. The molecule has 1 amide bonds. The molecule has 2 aromatic carbocycles. The maximum absolute atomic E-state index is 13.0. The van der Waals surface area contributed by atoms with Gasteiger partial charge < -0.3 is 15.7 Å². The van der Waals surface area contributed by atoms with Gasteiger partial charge in [-0.1, -0.05) is 36.4 Å². The van der Waals surface area contributed by atoms with Gasteiger partial charge in [0.15, 0.2) is 0 Å². The fourth-order valence-electron chi connectivity index (χ4n) is 2.99. The SMILES string of the molecule is N[C@H](C(=O)N1CC(F)C1)[C@@H](C(=O)O)c1ccc(-c2ccc(F)cc2)cc1. The Kier molecular flexibility index (Phi) is 4.99. The van der Waals surface area contributed by atoms with Gasteiger partial charge in [-0.3, -0.25) is 9.59 Å². The van der Waals surface area contributed by atoms with Gasteiger partial charge in [0.05, 0.1) is 13.1 Å². The summed E-state index contributed by atoms with van der Waals surface area (Å²) in [7, 11) is 0. The minimum Gasteiger partial charge on any atom is -0.481 e. The number of benzene rings is 2. The lowest BCUT2D eigenvalue weighted by Gasteiger charge is -2.37. The van der Waals surface area contributed by atoms with Crippen LogP contribution in [-0.2, 0) is 9.59 Å². The standard InChI is InChI=1S/C19H18F2N2O3/c20-14-7-5-12(6-8-14)11-1-3-13(4-2-11)16(19(25)26)17(22)18(24)23-9-15(21)10-23/h1-8,15-17H,9-10,22H2,(H,25,26)/t16-,17-/m0/s1. The van der Waals surface area contributed by atoms with Crippen LogP contribution in [0.4, 0.5) is 8.78 Å². The number of likely N-dealkylation sites (tertiary alicyclic amines) is 1. The van der Waals surface area contributed by atoms with Crippen LogP contribution in [-0.4, -0.2) is 47.2 Å². The zero-order chi connectivity index (χ0) is 18.8. The number of alkyl halides is 1. The number of aliphatic carboxylic acids is 1. The maximum Gasteiger partial charge on any atom is 0.313 e. The molecule has 1 aliphatic rings. The van der Waals surface area contributed by atoms with E-state index < -0.39 is 30.0 Å². The molecule has 3 rings (SSSR count). The molecule has 0 aliphatic carbocycles. The van der Waals surface area contributed by atoms with Gasteiger partial charge in [-0.15, -0.1) is 0 Å². The summed E-state index contributed by atoms with van der Waals surface area (Å²) in [5.74, 6) is -3.38. The van der Waals surface area contributed by atoms with Gasteiger partial charge in [-0.2, -0.15) is 0 Å². The topological polar surface area (TPSA) is 83.6 Å². The average Bonchev–Trinajstić information content (AvgIpc) is 2.59. The van der Waals surface area contributed by atoms with Crippen molar-refractivity contribution in [3.8, 4) is 11.1 Å². The van der Waals surface area contributed by atoms with Gasteiger partial charge >= 0.3 is 5.97 Å². The average molecular weight is 360 g/mol. The molecule has 1 saturated heterocycles. The van der Waals surface area contributed by atoms with Crippen LogP contribution < -0.4 is 5.73 Å². The van der Waals surface area contributed by atoms with E-state index in [1.165, 1.54) is 17.0 Å². The Balaban J connectivity index is 1.80. The van der Waals surface area contributed by atoms with Crippen molar-refractivity contribution in [2.24, 2.45) is 5.73 Å². The first-order valence-electron chi connectivity index (χ1n) is 8.14. The zero-order valence-corrected chi connectivity index (χ0v) is 13.8. The molecule has 1 fully saturated rings. The van der Waals surface area contributed by atoms with E-state index in [-0.39, 0.29) is 18.9 Å². The number of hydrogen-bond donors (Lipinski definition) is 2. The smallest absolute Gasteiger partial charge is 0.313 e. The van der Waals surface area contributed by atoms with Crippen molar-refractivity contribution < 1.29 is 23.5 Å². The largest absolute Gasteiger partial charge is 0.481 e. The fraction of sp³-hybridized carbons (Fsp3) is 0.263. The lowest BCUT2D eigenvalue weighted by molar-refractivity contribution is -0.147. The minimum absolute atomic E-state index is 0.0532. The molecule has 0 unspecified atom stereocenters. The summed E-state index contributed by atoms with van der Waals surface area (Å²) in [6.07, 6.45) is -1.08. The van der Waals surface area contributed by atoms with E-state index in [9.17, 15) is 23.5 Å². The molecule has 1 aliphatic heterocycles. The zero-order valence-electron chi connectivity index (χ0n) is 13.8. The van der Waals surface area contributed by atoms with E-state index in [1.54, 1.807) is 36.4 Å². The number of nitrogens with zero attached hydrogens (tertiary/aromatic N) is 1. The molecule has 0 saturated carbocycles. The third kappa shape index (κ3) is 3.57.